The predicted octanol–water partition coefficient (Wildman–Crippen LogP) is 2.07. The van der Waals surface area contributed by atoms with Gasteiger partial charge in [-0.15, -0.1) is 0 Å². The first-order valence-electron chi connectivity index (χ1n) is 5.62. The number of carbonyl (C=O) groups excluding carboxylic acids is 1. The van der Waals surface area contributed by atoms with E-state index in [0.717, 1.165) is 0 Å². The van der Waals surface area contributed by atoms with Gasteiger partial charge in [-0.2, -0.15) is 5.26 Å². The number of nitrogens with zero attached hydrogens (tertiary/aromatic N) is 1. The van der Waals surface area contributed by atoms with Crippen LogP contribution in [0.4, 0.5) is 0 Å². The van der Waals surface area contributed by atoms with Gasteiger partial charge in [0.15, 0.2) is 0 Å². The van der Waals surface area contributed by atoms with Crippen LogP contribution in [0.2, 0.25) is 5.02 Å². The predicted molar refractivity (Wildman–Crippen MR) is 69.7 cm³/mol. The minimum Gasteiger partial charge on any atom is -0.480 e. The van der Waals surface area contributed by atoms with Gasteiger partial charge in [0.1, 0.15) is 6.04 Å². The van der Waals surface area contributed by atoms with E-state index in [1.165, 1.54) is 12.1 Å². The summed E-state index contributed by atoms with van der Waals surface area (Å²) in [6.45, 7) is 1.60. The molecule has 2 N–H and O–H groups in total. The smallest absolute Gasteiger partial charge is 0.326 e. The van der Waals surface area contributed by atoms with E-state index in [-0.39, 0.29) is 6.42 Å². The van der Waals surface area contributed by atoms with Crippen LogP contribution < -0.4 is 5.32 Å². The molecule has 0 aliphatic carbocycles. The maximum Gasteiger partial charge on any atom is 0.326 e. The van der Waals surface area contributed by atoms with E-state index in [0.29, 0.717) is 10.6 Å². The summed E-state index contributed by atoms with van der Waals surface area (Å²) in [5.74, 6) is -2.14. The number of nitriles is 1. The van der Waals surface area contributed by atoms with Gasteiger partial charge in [0.05, 0.1) is 6.07 Å². The normalized spacial score (nSPS) is 13.1. The van der Waals surface area contributed by atoms with Gasteiger partial charge >= 0.3 is 5.97 Å². The average Bonchev–Trinajstić information content (AvgIpc) is 2.36. The Hall–Kier alpha value is -2.06. The molecule has 0 saturated carbocycles. The van der Waals surface area contributed by atoms with E-state index in [1.807, 2.05) is 6.07 Å². The molecule has 0 spiro atoms. The lowest BCUT2D eigenvalue weighted by Gasteiger charge is -2.19. The monoisotopic (exact) mass is 280 g/mol. The Kier molecular flexibility index (Phi) is 5.34. The lowest BCUT2D eigenvalue weighted by atomic mass is 9.98. The van der Waals surface area contributed by atoms with E-state index in [2.05, 4.69) is 5.32 Å². The van der Waals surface area contributed by atoms with Crippen molar-refractivity contribution in [3.63, 3.8) is 0 Å². The molecule has 0 heterocycles. The molecule has 1 aromatic rings. The molecule has 1 rings (SSSR count). The zero-order valence-electron chi connectivity index (χ0n) is 10.3. The number of carbonyl (C=O) groups is 2. The Bertz CT molecular complexity index is 508. The summed E-state index contributed by atoms with van der Waals surface area (Å²) in [7, 11) is 0. The van der Waals surface area contributed by atoms with Gasteiger partial charge < -0.3 is 10.4 Å². The fourth-order valence-corrected chi connectivity index (χ4v) is 1.66. The Labute approximate surface area is 115 Å². The fourth-order valence-electron chi connectivity index (χ4n) is 1.54. The molecule has 100 valence electrons. The molecule has 0 radical (unpaired) electrons. The van der Waals surface area contributed by atoms with Crippen LogP contribution in [0, 0.1) is 17.2 Å². The van der Waals surface area contributed by atoms with Crippen molar-refractivity contribution in [2.24, 2.45) is 5.92 Å². The third-order valence-corrected chi connectivity index (χ3v) is 2.89. The number of hydrogen-bond acceptors (Lipinski definition) is 3. The van der Waals surface area contributed by atoms with E-state index in [4.69, 9.17) is 22.0 Å². The van der Waals surface area contributed by atoms with E-state index in [1.54, 1.807) is 19.1 Å². The molecule has 19 heavy (non-hydrogen) atoms. The maximum atomic E-state index is 11.9. The van der Waals surface area contributed by atoms with Gasteiger partial charge in [0.25, 0.3) is 5.91 Å². The molecular formula is C13H13ClN2O3. The average molecular weight is 281 g/mol. The summed E-state index contributed by atoms with van der Waals surface area (Å²) in [6, 6.07) is 6.90. The van der Waals surface area contributed by atoms with Crippen molar-refractivity contribution in [3.05, 3.63) is 34.9 Å². The van der Waals surface area contributed by atoms with Crippen LogP contribution in [0.1, 0.15) is 23.7 Å². The van der Waals surface area contributed by atoms with Crippen molar-refractivity contribution < 1.29 is 14.7 Å². The molecule has 0 saturated heterocycles. The van der Waals surface area contributed by atoms with Gasteiger partial charge in [0.2, 0.25) is 0 Å². The Morgan fingerprint density at radius 2 is 2.00 bits per heavy atom. The van der Waals surface area contributed by atoms with E-state index in [9.17, 15) is 9.59 Å². The first kappa shape index (κ1) is 15.0. The number of carboxylic acid groups (broad SMARTS) is 1. The van der Waals surface area contributed by atoms with E-state index < -0.39 is 23.8 Å². The van der Waals surface area contributed by atoms with Crippen LogP contribution in [0.25, 0.3) is 0 Å². The zero-order chi connectivity index (χ0) is 14.4. The number of carboxylic acids is 1. The molecule has 6 heteroatoms. The van der Waals surface area contributed by atoms with Crippen LogP contribution in [-0.4, -0.2) is 23.0 Å². The molecule has 0 aromatic heterocycles. The van der Waals surface area contributed by atoms with Gasteiger partial charge in [-0.05, 0) is 24.3 Å². The molecule has 0 aliphatic rings. The quantitative estimate of drug-likeness (QED) is 0.864. The number of nitrogens with one attached hydrogen (secondary N) is 1. The lowest BCUT2D eigenvalue weighted by Crippen LogP contribution is -2.45. The van der Waals surface area contributed by atoms with Crippen LogP contribution >= 0.6 is 11.6 Å². The van der Waals surface area contributed by atoms with Crippen molar-refractivity contribution >= 4 is 23.5 Å². The summed E-state index contributed by atoms with van der Waals surface area (Å²) >= 11 is 5.70. The molecule has 0 bridgehead atoms. The highest BCUT2D eigenvalue weighted by Gasteiger charge is 2.26. The fraction of sp³-hybridized carbons (Fsp3) is 0.308. The number of amides is 1. The zero-order valence-corrected chi connectivity index (χ0v) is 11.0. The Morgan fingerprint density at radius 3 is 2.47 bits per heavy atom. The highest BCUT2D eigenvalue weighted by atomic mass is 35.5. The first-order valence-corrected chi connectivity index (χ1v) is 5.99. The SMILES string of the molecule is C[C@H](CC#N)[C@@H](NC(=O)c1ccc(Cl)cc1)C(=O)O. The van der Waals surface area contributed by atoms with Crippen LogP contribution in [-0.2, 0) is 4.79 Å². The molecule has 1 aromatic carbocycles. The summed E-state index contributed by atoms with van der Waals surface area (Å²) in [5, 5.41) is 20.5. The highest BCUT2D eigenvalue weighted by molar-refractivity contribution is 6.30. The van der Waals surface area contributed by atoms with Gasteiger partial charge in [-0.1, -0.05) is 18.5 Å². The first-order chi connectivity index (χ1) is 8.95. The number of hydrogen-bond donors (Lipinski definition) is 2. The molecule has 0 unspecified atom stereocenters. The lowest BCUT2D eigenvalue weighted by molar-refractivity contribution is -0.140. The second-order valence-electron chi connectivity index (χ2n) is 4.14. The molecule has 1 amide bonds. The molecule has 5 nitrogen and oxygen atoms in total. The Balaban J connectivity index is 2.80. The van der Waals surface area contributed by atoms with Crippen molar-refractivity contribution in [3.8, 4) is 6.07 Å². The number of rotatable bonds is 5. The second kappa shape index (κ2) is 6.76. The van der Waals surface area contributed by atoms with Crippen molar-refractivity contribution in [1.29, 1.82) is 5.26 Å². The molecule has 0 aliphatic heterocycles. The Morgan fingerprint density at radius 1 is 1.42 bits per heavy atom. The van der Waals surface area contributed by atoms with Crippen molar-refractivity contribution in [2.45, 2.75) is 19.4 Å². The molecular weight excluding hydrogens is 268 g/mol. The second-order valence-corrected chi connectivity index (χ2v) is 4.57. The molecule has 0 fully saturated rings. The third-order valence-electron chi connectivity index (χ3n) is 2.64. The maximum absolute atomic E-state index is 11.9. The third kappa shape index (κ3) is 4.27. The van der Waals surface area contributed by atoms with Crippen molar-refractivity contribution in [2.75, 3.05) is 0 Å². The van der Waals surface area contributed by atoms with Crippen LogP contribution in [0.5, 0.6) is 0 Å². The van der Waals surface area contributed by atoms with Crippen LogP contribution in [0.15, 0.2) is 24.3 Å². The van der Waals surface area contributed by atoms with Gasteiger partial charge in [-0.3, -0.25) is 4.79 Å². The van der Waals surface area contributed by atoms with Gasteiger partial charge in [0, 0.05) is 22.9 Å². The standard InChI is InChI=1S/C13H13ClN2O3/c1-8(6-7-15)11(13(18)19)16-12(17)9-2-4-10(14)5-3-9/h2-5,8,11H,6H2,1H3,(H,16,17)(H,18,19)/t8-,11-/m1/s1. The summed E-state index contributed by atoms with van der Waals surface area (Å²) in [6.07, 6.45) is 0.0534. The topological polar surface area (TPSA) is 90.2 Å². The summed E-state index contributed by atoms with van der Waals surface area (Å²) in [5.41, 5.74) is 0.319. The number of halogens is 1. The summed E-state index contributed by atoms with van der Waals surface area (Å²) in [4.78, 5) is 23.0. The molecule has 2 atom stereocenters. The van der Waals surface area contributed by atoms with Crippen LogP contribution in [0.3, 0.4) is 0 Å². The minimum absolute atomic E-state index is 0.0534. The number of aliphatic carboxylic acids is 1. The highest BCUT2D eigenvalue weighted by Crippen LogP contribution is 2.12. The van der Waals surface area contributed by atoms with Gasteiger partial charge in [-0.25, -0.2) is 4.79 Å². The number of benzene rings is 1. The summed E-state index contributed by atoms with van der Waals surface area (Å²) < 4.78 is 0. The minimum atomic E-state index is -1.16. The largest absolute Gasteiger partial charge is 0.480 e. The van der Waals surface area contributed by atoms with E-state index >= 15 is 0 Å². The van der Waals surface area contributed by atoms with Crippen molar-refractivity contribution in [1.82, 2.24) is 5.32 Å².